The van der Waals surface area contributed by atoms with E-state index in [2.05, 4.69) is 20.6 Å². The lowest BCUT2D eigenvalue weighted by atomic mass is 10.2. The Hall–Kier alpha value is -1.35. The molecule has 0 spiro atoms. The van der Waals surface area contributed by atoms with E-state index in [0.717, 1.165) is 27.8 Å². The van der Waals surface area contributed by atoms with Crippen molar-refractivity contribution in [3.8, 4) is 10.6 Å². The summed E-state index contributed by atoms with van der Waals surface area (Å²) in [7, 11) is 0. The van der Waals surface area contributed by atoms with Crippen molar-refractivity contribution in [2.24, 2.45) is 0 Å². The van der Waals surface area contributed by atoms with Crippen LogP contribution in [0.25, 0.3) is 10.6 Å². The summed E-state index contributed by atoms with van der Waals surface area (Å²) in [5, 5.41) is 9.74. The molecule has 6 nitrogen and oxygen atoms in total. The molecule has 2 N–H and O–H groups in total. The largest absolute Gasteiger partial charge is 0.378 e. The fraction of sp³-hybridized carbons (Fsp3) is 0.500. The van der Waals surface area contributed by atoms with Crippen LogP contribution in [-0.4, -0.2) is 41.7 Å². The molecule has 0 saturated carbocycles. The molecule has 8 heteroatoms. The first-order valence-corrected chi connectivity index (χ1v) is 8.82. The zero-order chi connectivity index (χ0) is 15.5. The van der Waals surface area contributed by atoms with Gasteiger partial charge in [-0.1, -0.05) is 0 Å². The van der Waals surface area contributed by atoms with Gasteiger partial charge in [-0.05, 0) is 13.8 Å². The second kappa shape index (κ2) is 6.82. The first kappa shape index (κ1) is 15.5. The summed E-state index contributed by atoms with van der Waals surface area (Å²) in [5.74, 6) is -0.0406. The second-order valence-electron chi connectivity index (χ2n) is 5.16. The Morgan fingerprint density at radius 1 is 1.50 bits per heavy atom. The highest BCUT2D eigenvalue weighted by atomic mass is 32.1. The normalized spacial score (nSPS) is 18.4. The number of rotatable bonds is 4. The topological polar surface area (TPSA) is 76.1 Å². The average molecular weight is 338 g/mol. The number of ether oxygens (including phenoxy) is 1. The summed E-state index contributed by atoms with van der Waals surface area (Å²) in [4.78, 5) is 22.0. The Labute approximate surface area is 136 Å². The highest BCUT2D eigenvalue weighted by molar-refractivity contribution is 7.16. The first-order chi connectivity index (χ1) is 10.6. The molecule has 2 aromatic rings. The third-order valence-electron chi connectivity index (χ3n) is 3.32. The lowest BCUT2D eigenvalue weighted by Crippen LogP contribution is -2.43. The van der Waals surface area contributed by atoms with Crippen LogP contribution >= 0.6 is 22.7 Å². The van der Waals surface area contributed by atoms with Crippen LogP contribution in [0.3, 0.4) is 0 Å². The number of aromatic nitrogens is 2. The van der Waals surface area contributed by atoms with E-state index in [9.17, 15) is 4.79 Å². The number of thiazole rings is 2. The van der Waals surface area contributed by atoms with Gasteiger partial charge >= 0.3 is 0 Å². The third-order valence-corrected chi connectivity index (χ3v) is 5.17. The zero-order valence-electron chi connectivity index (χ0n) is 12.5. The molecule has 1 aliphatic rings. The molecule has 3 rings (SSSR count). The van der Waals surface area contributed by atoms with Crippen molar-refractivity contribution in [3.05, 3.63) is 16.1 Å². The number of morpholine rings is 1. The minimum Gasteiger partial charge on any atom is -0.378 e. The summed E-state index contributed by atoms with van der Waals surface area (Å²) in [5.41, 5.74) is 1.86. The van der Waals surface area contributed by atoms with Gasteiger partial charge in [0.05, 0.1) is 34.5 Å². The minimum atomic E-state index is -0.0406. The molecule has 2 aromatic heterocycles. The third kappa shape index (κ3) is 3.70. The van der Waals surface area contributed by atoms with E-state index in [0.29, 0.717) is 24.8 Å². The Morgan fingerprint density at radius 2 is 2.36 bits per heavy atom. The van der Waals surface area contributed by atoms with Crippen molar-refractivity contribution >= 4 is 33.7 Å². The predicted molar refractivity (Wildman–Crippen MR) is 88.6 cm³/mol. The highest BCUT2D eigenvalue weighted by Crippen LogP contribution is 2.32. The number of nitrogens with one attached hydrogen (secondary N) is 2. The predicted octanol–water partition coefficient (Wildman–Crippen LogP) is 2.20. The smallest absolute Gasteiger partial charge is 0.227 e. The molecule has 1 unspecified atom stereocenters. The summed E-state index contributed by atoms with van der Waals surface area (Å²) in [6.07, 6.45) is 0.396. The summed E-state index contributed by atoms with van der Waals surface area (Å²) >= 11 is 3.06. The first-order valence-electron chi connectivity index (χ1n) is 7.12. The van der Waals surface area contributed by atoms with Gasteiger partial charge in [-0.15, -0.1) is 22.7 Å². The van der Waals surface area contributed by atoms with E-state index in [4.69, 9.17) is 4.74 Å². The number of nitrogens with zero attached hydrogens (tertiary/aromatic N) is 2. The standard InChI is InChI=1S/C14H18N4O2S2/c1-8-13(22-9(2)16-8)11-7-21-14(17-11)18-12(19)5-10-6-20-4-3-15-10/h7,10,15H,3-6H2,1-2H3,(H,17,18,19). The number of anilines is 1. The van der Waals surface area contributed by atoms with Crippen molar-refractivity contribution in [3.63, 3.8) is 0 Å². The highest BCUT2D eigenvalue weighted by Gasteiger charge is 2.18. The quantitative estimate of drug-likeness (QED) is 0.894. The molecule has 22 heavy (non-hydrogen) atoms. The molecule has 0 bridgehead atoms. The number of hydrogen-bond donors (Lipinski definition) is 2. The van der Waals surface area contributed by atoms with Crippen LogP contribution in [-0.2, 0) is 9.53 Å². The average Bonchev–Trinajstić information content (AvgIpc) is 3.06. The van der Waals surface area contributed by atoms with Crippen LogP contribution in [0.2, 0.25) is 0 Å². The molecule has 1 fully saturated rings. The summed E-state index contributed by atoms with van der Waals surface area (Å²) in [6, 6.07) is 0.0829. The Bertz CT molecular complexity index is 662. The van der Waals surface area contributed by atoms with Gasteiger partial charge in [0.2, 0.25) is 5.91 Å². The summed E-state index contributed by atoms with van der Waals surface area (Å²) in [6.45, 7) is 6.04. The lowest BCUT2D eigenvalue weighted by Gasteiger charge is -2.22. The van der Waals surface area contributed by atoms with Gasteiger partial charge in [0.25, 0.3) is 0 Å². The van der Waals surface area contributed by atoms with Gasteiger partial charge in [0.1, 0.15) is 0 Å². The molecule has 1 saturated heterocycles. The van der Waals surface area contributed by atoms with Crippen LogP contribution in [0.1, 0.15) is 17.1 Å². The molecule has 0 aromatic carbocycles. The van der Waals surface area contributed by atoms with E-state index in [1.54, 1.807) is 11.3 Å². The van der Waals surface area contributed by atoms with Gasteiger partial charge in [-0.2, -0.15) is 0 Å². The van der Waals surface area contributed by atoms with Crippen LogP contribution in [0.5, 0.6) is 0 Å². The van der Waals surface area contributed by atoms with Crippen LogP contribution in [0.4, 0.5) is 5.13 Å². The van der Waals surface area contributed by atoms with Gasteiger partial charge in [0.15, 0.2) is 5.13 Å². The Kier molecular flexibility index (Phi) is 4.82. The Morgan fingerprint density at radius 3 is 3.05 bits per heavy atom. The number of carbonyl (C=O) groups excluding carboxylic acids is 1. The molecule has 1 amide bonds. The molecule has 0 aliphatic carbocycles. The molecular weight excluding hydrogens is 320 g/mol. The Balaban J connectivity index is 1.61. The van der Waals surface area contributed by atoms with Crippen molar-refractivity contribution in [1.82, 2.24) is 15.3 Å². The van der Waals surface area contributed by atoms with Gasteiger partial charge in [-0.3, -0.25) is 4.79 Å². The SMILES string of the molecule is Cc1nc(C)c(-c2csc(NC(=O)CC3COCCN3)n2)s1. The maximum atomic E-state index is 12.0. The van der Waals surface area contributed by atoms with Gasteiger partial charge in [0, 0.05) is 24.4 Å². The van der Waals surface area contributed by atoms with Crippen LogP contribution < -0.4 is 10.6 Å². The van der Waals surface area contributed by atoms with Gasteiger partial charge < -0.3 is 15.4 Å². The molecule has 118 valence electrons. The van der Waals surface area contributed by atoms with Crippen LogP contribution in [0.15, 0.2) is 5.38 Å². The number of carbonyl (C=O) groups is 1. The lowest BCUT2D eigenvalue weighted by molar-refractivity contribution is -0.117. The van der Waals surface area contributed by atoms with E-state index < -0.39 is 0 Å². The minimum absolute atomic E-state index is 0.0406. The van der Waals surface area contributed by atoms with Crippen molar-refractivity contribution < 1.29 is 9.53 Å². The molecular formula is C14H18N4O2S2. The van der Waals surface area contributed by atoms with E-state index in [1.165, 1.54) is 11.3 Å². The molecule has 1 aliphatic heterocycles. The van der Waals surface area contributed by atoms with Crippen molar-refractivity contribution in [2.75, 3.05) is 25.1 Å². The van der Waals surface area contributed by atoms with E-state index in [-0.39, 0.29) is 11.9 Å². The molecule has 3 heterocycles. The van der Waals surface area contributed by atoms with E-state index in [1.807, 2.05) is 19.2 Å². The van der Waals surface area contributed by atoms with Gasteiger partial charge in [-0.25, -0.2) is 9.97 Å². The number of amides is 1. The number of hydrogen-bond acceptors (Lipinski definition) is 7. The maximum absolute atomic E-state index is 12.0. The maximum Gasteiger partial charge on any atom is 0.227 e. The zero-order valence-corrected chi connectivity index (χ0v) is 14.1. The van der Waals surface area contributed by atoms with Crippen LogP contribution in [0, 0.1) is 13.8 Å². The van der Waals surface area contributed by atoms with Crippen molar-refractivity contribution in [1.29, 1.82) is 0 Å². The monoisotopic (exact) mass is 338 g/mol. The molecule has 0 radical (unpaired) electrons. The summed E-state index contributed by atoms with van der Waals surface area (Å²) < 4.78 is 5.35. The number of aryl methyl sites for hydroxylation is 2. The molecule has 1 atom stereocenters. The second-order valence-corrected chi connectivity index (χ2v) is 7.22. The fourth-order valence-electron chi connectivity index (χ4n) is 2.35. The van der Waals surface area contributed by atoms with Crippen molar-refractivity contribution in [2.45, 2.75) is 26.3 Å². The fourth-order valence-corrected chi connectivity index (χ4v) is 4.02. The van der Waals surface area contributed by atoms with E-state index >= 15 is 0 Å².